The van der Waals surface area contributed by atoms with E-state index in [0.717, 1.165) is 26.2 Å². The molecule has 0 aliphatic carbocycles. The molecule has 1 aliphatic heterocycles. The molecule has 1 N–H and O–H groups in total. The van der Waals surface area contributed by atoms with Crippen LogP contribution in [0.1, 0.15) is 22.7 Å². The van der Waals surface area contributed by atoms with E-state index in [2.05, 4.69) is 76.5 Å². The van der Waals surface area contributed by atoms with Crippen LogP contribution in [-0.4, -0.2) is 60.3 Å². The molecular formula is C27H29N3O2. The van der Waals surface area contributed by atoms with E-state index in [4.69, 9.17) is 10.00 Å². The number of ether oxygens (including phenoxy) is 1. The highest BCUT2D eigenvalue weighted by Crippen LogP contribution is 2.29. The molecule has 5 heteroatoms. The molecule has 0 spiro atoms. The van der Waals surface area contributed by atoms with Gasteiger partial charge in [-0.1, -0.05) is 60.7 Å². The van der Waals surface area contributed by atoms with Gasteiger partial charge in [-0.05, 0) is 35.4 Å². The summed E-state index contributed by atoms with van der Waals surface area (Å²) in [5.41, 5.74) is 3.21. The second kappa shape index (κ2) is 10.9. The summed E-state index contributed by atoms with van der Waals surface area (Å²) in [6, 6.07) is 30.6. The van der Waals surface area contributed by atoms with Gasteiger partial charge in [0.25, 0.3) is 0 Å². The van der Waals surface area contributed by atoms with Crippen molar-refractivity contribution in [2.45, 2.75) is 12.1 Å². The molecule has 3 aromatic rings. The Morgan fingerprint density at radius 1 is 0.812 bits per heavy atom. The van der Waals surface area contributed by atoms with Gasteiger partial charge in [0.2, 0.25) is 0 Å². The third-order valence-corrected chi connectivity index (χ3v) is 5.90. The van der Waals surface area contributed by atoms with Gasteiger partial charge < -0.3 is 9.84 Å². The van der Waals surface area contributed by atoms with Gasteiger partial charge in [-0.2, -0.15) is 5.26 Å². The van der Waals surface area contributed by atoms with Gasteiger partial charge in [-0.15, -0.1) is 0 Å². The monoisotopic (exact) mass is 427 g/mol. The first-order chi connectivity index (χ1) is 15.7. The number of nitrogens with zero attached hydrogens (tertiary/aromatic N) is 3. The molecule has 3 aromatic carbocycles. The Kier molecular flexibility index (Phi) is 7.52. The Morgan fingerprint density at radius 2 is 1.38 bits per heavy atom. The molecular weight excluding hydrogens is 398 g/mol. The first-order valence-corrected chi connectivity index (χ1v) is 11.1. The largest absolute Gasteiger partial charge is 0.491 e. The van der Waals surface area contributed by atoms with Crippen molar-refractivity contribution in [3.63, 3.8) is 0 Å². The maximum absolute atomic E-state index is 10.5. The number of aliphatic hydroxyl groups excluding tert-OH is 1. The lowest BCUT2D eigenvalue weighted by Gasteiger charge is -2.40. The van der Waals surface area contributed by atoms with Crippen molar-refractivity contribution in [1.82, 2.24) is 9.80 Å². The predicted molar refractivity (Wildman–Crippen MR) is 125 cm³/mol. The van der Waals surface area contributed by atoms with Crippen LogP contribution in [0.15, 0.2) is 84.9 Å². The van der Waals surface area contributed by atoms with Crippen molar-refractivity contribution < 1.29 is 9.84 Å². The number of nitriles is 1. The first-order valence-electron chi connectivity index (χ1n) is 11.1. The molecule has 0 radical (unpaired) electrons. The van der Waals surface area contributed by atoms with Gasteiger partial charge in [0.1, 0.15) is 18.5 Å². The fourth-order valence-corrected chi connectivity index (χ4v) is 4.26. The van der Waals surface area contributed by atoms with Crippen LogP contribution in [0.2, 0.25) is 0 Å². The SMILES string of the molecule is N#Cc1ccc(OC[C@@H](O)CN2CCN(C(c3ccccc3)c3ccccc3)CC2)cc1. The molecule has 32 heavy (non-hydrogen) atoms. The van der Waals surface area contributed by atoms with Crippen LogP contribution in [0.25, 0.3) is 0 Å². The molecule has 0 amide bonds. The zero-order valence-electron chi connectivity index (χ0n) is 18.2. The van der Waals surface area contributed by atoms with Gasteiger partial charge >= 0.3 is 0 Å². The maximum Gasteiger partial charge on any atom is 0.119 e. The molecule has 4 rings (SSSR count). The fourth-order valence-electron chi connectivity index (χ4n) is 4.26. The van der Waals surface area contributed by atoms with Crippen LogP contribution in [0.3, 0.4) is 0 Å². The number of hydrogen-bond donors (Lipinski definition) is 1. The molecule has 0 aromatic heterocycles. The maximum atomic E-state index is 10.5. The van der Waals surface area contributed by atoms with E-state index >= 15 is 0 Å². The molecule has 1 fully saturated rings. The molecule has 5 nitrogen and oxygen atoms in total. The Labute approximate surface area is 190 Å². The fraction of sp³-hybridized carbons (Fsp3) is 0.296. The average Bonchev–Trinajstić information content (AvgIpc) is 2.86. The summed E-state index contributed by atoms with van der Waals surface area (Å²) in [7, 11) is 0. The van der Waals surface area contributed by atoms with Gasteiger partial charge in [0, 0.05) is 32.7 Å². The molecule has 164 valence electrons. The summed E-state index contributed by atoms with van der Waals surface area (Å²) in [5.74, 6) is 0.668. The number of aliphatic hydroxyl groups is 1. The predicted octanol–water partition coefficient (Wildman–Crippen LogP) is 3.71. The summed E-state index contributed by atoms with van der Waals surface area (Å²) >= 11 is 0. The van der Waals surface area contributed by atoms with E-state index in [0.29, 0.717) is 17.9 Å². The molecule has 0 bridgehead atoms. The first kappa shape index (κ1) is 22.0. The van der Waals surface area contributed by atoms with Gasteiger partial charge in [0.15, 0.2) is 0 Å². The summed E-state index contributed by atoms with van der Waals surface area (Å²) in [5, 5.41) is 19.3. The van der Waals surface area contributed by atoms with Crippen molar-refractivity contribution in [3.8, 4) is 11.8 Å². The lowest BCUT2D eigenvalue weighted by Crippen LogP contribution is -2.50. The number of piperazine rings is 1. The third-order valence-electron chi connectivity index (χ3n) is 5.90. The third kappa shape index (κ3) is 5.74. The number of benzene rings is 3. The summed E-state index contributed by atoms with van der Waals surface area (Å²) in [6.45, 7) is 4.53. The number of rotatable bonds is 8. The highest BCUT2D eigenvalue weighted by Gasteiger charge is 2.27. The van der Waals surface area contributed by atoms with Crippen molar-refractivity contribution in [2.24, 2.45) is 0 Å². The van der Waals surface area contributed by atoms with E-state index in [1.165, 1.54) is 11.1 Å². The normalized spacial score (nSPS) is 15.9. The summed E-state index contributed by atoms with van der Waals surface area (Å²) in [6.07, 6.45) is -0.559. The zero-order chi connectivity index (χ0) is 22.2. The smallest absolute Gasteiger partial charge is 0.119 e. The molecule has 0 saturated carbocycles. The standard InChI is InChI=1S/C27H29N3O2/c28-19-22-11-13-26(14-12-22)32-21-25(31)20-29-15-17-30(18-16-29)27(23-7-3-1-4-8-23)24-9-5-2-6-10-24/h1-14,25,27,31H,15-18,20-21H2/t25-/m0/s1. The Balaban J connectivity index is 1.31. The minimum absolute atomic E-state index is 0.239. The Hall–Kier alpha value is -3.17. The topological polar surface area (TPSA) is 59.7 Å². The van der Waals surface area contributed by atoms with E-state index < -0.39 is 6.10 Å². The average molecular weight is 428 g/mol. The van der Waals surface area contributed by atoms with E-state index in [-0.39, 0.29) is 12.6 Å². The molecule has 1 heterocycles. The van der Waals surface area contributed by atoms with Crippen LogP contribution in [-0.2, 0) is 0 Å². The highest BCUT2D eigenvalue weighted by atomic mass is 16.5. The van der Waals surface area contributed by atoms with Crippen LogP contribution < -0.4 is 4.74 Å². The van der Waals surface area contributed by atoms with E-state index in [9.17, 15) is 5.11 Å². The van der Waals surface area contributed by atoms with Crippen molar-refractivity contribution in [1.29, 1.82) is 5.26 Å². The Morgan fingerprint density at radius 3 is 1.91 bits per heavy atom. The second-order valence-corrected chi connectivity index (χ2v) is 8.16. The van der Waals surface area contributed by atoms with Crippen molar-refractivity contribution in [3.05, 3.63) is 102 Å². The van der Waals surface area contributed by atoms with Gasteiger partial charge in [0.05, 0.1) is 17.7 Å². The second-order valence-electron chi connectivity index (χ2n) is 8.16. The summed E-state index contributed by atoms with van der Waals surface area (Å²) < 4.78 is 5.69. The van der Waals surface area contributed by atoms with Gasteiger partial charge in [-0.25, -0.2) is 0 Å². The minimum atomic E-state index is -0.559. The van der Waals surface area contributed by atoms with Crippen LogP contribution in [0, 0.1) is 11.3 Å². The van der Waals surface area contributed by atoms with Crippen LogP contribution >= 0.6 is 0 Å². The quantitative estimate of drug-likeness (QED) is 0.594. The minimum Gasteiger partial charge on any atom is -0.491 e. The highest BCUT2D eigenvalue weighted by molar-refractivity contribution is 5.34. The molecule has 1 aliphatic rings. The Bertz CT molecular complexity index is 955. The van der Waals surface area contributed by atoms with Crippen molar-refractivity contribution >= 4 is 0 Å². The lowest BCUT2D eigenvalue weighted by molar-refractivity contribution is 0.0401. The zero-order valence-corrected chi connectivity index (χ0v) is 18.2. The lowest BCUT2D eigenvalue weighted by atomic mass is 9.96. The van der Waals surface area contributed by atoms with Crippen LogP contribution in [0.5, 0.6) is 5.75 Å². The number of β-amino-alcohol motifs (C(OH)–C–C–N with tert-alkyl or cyclic N) is 1. The van der Waals surface area contributed by atoms with Gasteiger partial charge in [-0.3, -0.25) is 9.80 Å². The van der Waals surface area contributed by atoms with E-state index in [1.807, 2.05) is 0 Å². The molecule has 1 saturated heterocycles. The molecule has 1 atom stereocenters. The van der Waals surface area contributed by atoms with E-state index in [1.54, 1.807) is 24.3 Å². The number of hydrogen-bond acceptors (Lipinski definition) is 5. The molecule has 0 unspecified atom stereocenters. The van der Waals surface area contributed by atoms with Crippen molar-refractivity contribution in [2.75, 3.05) is 39.3 Å². The van der Waals surface area contributed by atoms with Crippen LogP contribution in [0.4, 0.5) is 0 Å². The summed E-state index contributed by atoms with van der Waals surface area (Å²) in [4.78, 5) is 4.83.